The van der Waals surface area contributed by atoms with Crippen LogP contribution < -0.4 is 20.7 Å². The Hall–Kier alpha value is -4.65. The lowest BCUT2D eigenvalue weighted by molar-refractivity contribution is -0.143. The molecule has 0 aliphatic heterocycles. The lowest BCUT2D eigenvalue weighted by atomic mass is 9.97. The number of aliphatic carboxylic acids is 2. The van der Waals surface area contributed by atoms with Crippen LogP contribution >= 0.6 is 0 Å². The molecule has 0 heterocycles. The van der Waals surface area contributed by atoms with Crippen molar-refractivity contribution in [3.05, 3.63) is 29.8 Å². The van der Waals surface area contributed by atoms with Gasteiger partial charge >= 0.3 is 17.9 Å². The van der Waals surface area contributed by atoms with E-state index in [-0.39, 0.29) is 113 Å². The number of ether oxygens (including phenoxy) is 5. The molecule has 62 heavy (non-hydrogen) atoms. The van der Waals surface area contributed by atoms with Crippen molar-refractivity contribution < 1.29 is 72.6 Å². The van der Waals surface area contributed by atoms with E-state index in [1.165, 1.54) is 12.1 Å². The number of amides is 3. The summed E-state index contributed by atoms with van der Waals surface area (Å²) >= 11 is 0. The molecule has 0 unspecified atom stereocenters. The zero-order valence-corrected chi connectivity index (χ0v) is 36.5. The third-order valence-electron chi connectivity index (χ3n) is 9.57. The summed E-state index contributed by atoms with van der Waals surface area (Å²) in [6.07, 6.45) is 10.8. The lowest BCUT2D eigenvalue weighted by Crippen LogP contribution is -2.41. The summed E-state index contributed by atoms with van der Waals surface area (Å²) in [4.78, 5) is 82.2. The van der Waals surface area contributed by atoms with Crippen LogP contribution in [0.2, 0.25) is 0 Å². The topological polar surface area (TPSA) is 262 Å². The van der Waals surface area contributed by atoms with Crippen molar-refractivity contribution in [2.45, 2.75) is 122 Å². The number of carbonyl (C=O) groups is 7. The first kappa shape index (κ1) is 55.4. The van der Waals surface area contributed by atoms with Crippen molar-refractivity contribution in [2.24, 2.45) is 5.92 Å². The predicted octanol–water partition coefficient (Wildman–Crippen LogP) is 4.55. The minimum atomic E-state index is -1.18. The first-order valence-electron chi connectivity index (χ1n) is 22.0. The predicted molar refractivity (Wildman–Crippen MR) is 228 cm³/mol. The largest absolute Gasteiger partial charge is 0.494 e. The van der Waals surface area contributed by atoms with E-state index in [0.717, 1.165) is 51.4 Å². The van der Waals surface area contributed by atoms with Gasteiger partial charge in [-0.15, -0.1) is 0 Å². The summed E-state index contributed by atoms with van der Waals surface area (Å²) < 4.78 is 27.0. The van der Waals surface area contributed by atoms with Crippen LogP contribution in [0.25, 0.3) is 0 Å². The van der Waals surface area contributed by atoms with Crippen LogP contribution in [-0.4, -0.2) is 135 Å². The number of nitrogens with one attached hydrogen (secondary N) is 3. The highest BCUT2D eigenvalue weighted by atomic mass is 16.5. The number of unbranched alkanes of at least 4 members (excludes halogenated alkanes) is 7. The second-order valence-corrected chi connectivity index (χ2v) is 14.9. The number of hydrogen-bond acceptors (Lipinski definition) is 12. The Labute approximate surface area is 365 Å². The molecule has 0 fully saturated rings. The van der Waals surface area contributed by atoms with Crippen LogP contribution in [0.5, 0.6) is 5.75 Å². The molecule has 18 heteroatoms. The molecule has 0 radical (unpaired) electrons. The smallest absolute Gasteiger partial charge is 0.335 e. The van der Waals surface area contributed by atoms with E-state index in [1.807, 2.05) is 6.92 Å². The zero-order chi connectivity index (χ0) is 45.6. The average molecular weight is 882 g/mol. The van der Waals surface area contributed by atoms with E-state index in [1.54, 1.807) is 12.1 Å². The number of carbonyl (C=O) groups excluding carboxylic acids is 4. The second-order valence-electron chi connectivity index (χ2n) is 14.9. The summed E-state index contributed by atoms with van der Waals surface area (Å²) in [5.74, 6) is -3.67. The maximum Gasteiger partial charge on any atom is 0.335 e. The molecule has 0 aliphatic rings. The Bertz CT molecular complexity index is 1430. The minimum Gasteiger partial charge on any atom is -0.494 e. The van der Waals surface area contributed by atoms with E-state index in [9.17, 15) is 43.8 Å². The Morgan fingerprint density at radius 2 is 1.13 bits per heavy atom. The van der Waals surface area contributed by atoms with Crippen molar-refractivity contribution in [1.29, 1.82) is 0 Å². The number of aromatic carboxylic acids is 1. The highest BCUT2D eigenvalue weighted by Crippen LogP contribution is 2.16. The van der Waals surface area contributed by atoms with Crippen LogP contribution in [0.15, 0.2) is 24.3 Å². The van der Waals surface area contributed by atoms with Gasteiger partial charge in [-0.1, -0.05) is 51.9 Å². The van der Waals surface area contributed by atoms with Gasteiger partial charge in [0, 0.05) is 39.0 Å². The summed E-state index contributed by atoms with van der Waals surface area (Å²) in [5.41, 5.74) is 0.215. The van der Waals surface area contributed by atoms with Crippen molar-refractivity contribution in [1.82, 2.24) is 16.0 Å². The number of ketones is 1. The van der Waals surface area contributed by atoms with Crippen LogP contribution in [0, 0.1) is 5.92 Å². The molecule has 0 bridgehead atoms. The van der Waals surface area contributed by atoms with Gasteiger partial charge in [-0.25, -0.2) is 9.59 Å². The Morgan fingerprint density at radius 1 is 0.532 bits per heavy atom. The van der Waals surface area contributed by atoms with Crippen LogP contribution in [-0.2, 0) is 47.7 Å². The third-order valence-corrected chi connectivity index (χ3v) is 9.57. The molecule has 1 aromatic rings. The van der Waals surface area contributed by atoms with Gasteiger partial charge in [-0.05, 0) is 69.2 Å². The zero-order valence-electron chi connectivity index (χ0n) is 36.5. The maximum absolute atomic E-state index is 12.3. The fourth-order valence-electron chi connectivity index (χ4n) is 6.10. The van der Waals surface area contributed by atoms with Crippen molar-refractivity contribution in [2.75, 3.05) is 72.6 Å². The number of hydrogen-bond donors (Lipinski definition) is 6. The maximum atomic E-state index is 12.3. The molecule has 1 rings (SSSR count). The lowest BCUT2D eigenvalue weighted by Gasteiger charge is -2.14. The second kappa shape index (κ2) is 37.0. The van der Waals surface area contributed by atoms with Gasteiger partial charge in [0.1, 0.15) is 30.8 Å². The summed E-state index contributed by atoms with van der Waals surface area (Å²) in [7, 11) is 0. The van der Waals surface area contributed by atoms with E-state index < -0.39 is 23.9 Å². The molecule has 18 nitrogen and oxygen atoms in total. The highest BCUT2D eigenvalue weighted by Gasteiger charge is 2.21. The fraction of sp³-hybridized carbons (Fsp3) is 0.705. The normalized spacial score (nSPS) is 12.0. The van der Waals surface area contributed by atoms with E-state index in [4.69, 9.17) is 28.8 Å². The van der Waals surface area contributed by atoms with Gasteiger partial charge in [-0.3, -0.25) is 24.0 Å². The van der Waals surface area contributed by atoms with Gasteiger partial charge in [0.2, 0.25) is 17.7 Å². The molecule has 0 spiro atoms. The number of Topliss-reactive ketones (excluding diaryl/α,β-unsaturated/α-hetero) is 1. The van der Waals surface area contributed by atoms with Crippen LogP contribution in [0.4, 0.5) is 0 Å². The average Bonchev–Trinajstić information content (AvgIpc) is 3.24. The van der Waals surface area contributed by atoms with E-state index in [0.29, 0.717) is 57.6 Å². The summed E-state index contributed by atoms with van der Waals surface area (Å²) in [6.45, 7) is 4.40. The van der Waals surface area contributed by atoms with Gasteiger partial charge in [-0.2, -0.15) is 0 Å². The molecular weight excluding hydrogens is 810 g/mol. The standard InChI is InChI=1S/C44H71N3O15/c1-2-13-34(42(52)53)14-9-10-23-45-40(50)32-61-31-29-59-27-24-46-41(51)33-60-30-28-58-25-12-15-36(48)19-22-38(44(56)57)47-39(49)16-8-6-4-3-5-7-11-26-62-37-20-17-35(18-21-37)43(54)55/h17-18,20-21,34,38H,2-16,19,22-33H2,1H3,(H,45,50)(H,46,51)(H,47,49)(H,52,53)(H,54,55)(H,56,57)/t34-,38-/m0/s1. The SMILES string of the molecule is CCC[C@@H](CCCCNC(=O)COCCOCCNC(=O)COCCOCCCC(=O)CC[C@H](NC(=O)CCCCCCCCCOc1ccc(C(=O)O)cc1)C(=O)O)C(=O)O. The van der Waals surface area contributed by atoms with Gasteiger partial charge in [0.05, 0.1) is 51.1 Å². The Balaban J connectivity index is 1.93. The van der Waals surface area contributed by atoms with Crippen molar-refractivity contribution in [3.63, 3.8) is 0 Å². The van der Waals surface area contributed by atoms with E-state index >= 15 is 0 Å². The molecule has 3 amide bonds. The number of benzene rings is 1. The monoisotopic (exact) mass is 881 g/mol. The first-order chi connectivity index (χ1) is 29.9. The summed E-state index contributed by atoms with van der Waals surface area (Å²) in [5, 5.41) is 35.6. The quantitative estimate of drug-likeness (QED) is 0.0492. The molecule has 0 aromatic heterocycles. The molecule has 352 valence electrons. The number of carboxylic acid groups (broad SMARTS) is 3. The summed E-state index contributed by atoms with van der Waals surface area (Å²) in [6, 6.07) is 5.17. The molecule has 0 aliphatic carbocycles. The van der Waals surface area contributed by atoms with Crippen LogP contribution in [0.3, 0.4) is 0 Å². The third kappa shape index (κ3) is 31.2. The highest BCUT2D eigenvalue weighted by molar-refractivity contribution is 5.87. The molecule has 6 N–H and O–H groups in total. The number of carboxylic acids is 3. The van der Waals surface area contributed by atoms with Crippen molar-refractivity contribution in [3.8, 4) is 5.75 Å². The molecule has 2 atom stereocenters. The number of rotatable bonds is 42. The van der Waals surface area contributed by atoms with E-state index in [2.05, 4.69) is 16.0 Å². The Kier molecular flexibility index (Phi) is 33.0. The molecular formula is C44H71N3O15. The fourth-order valence-corrected chi connectivity index (χ4v) is 6.10. The van der Waals surface area contributed by atoms with Crippen molar-refractivity contribution >= 4 is 41.4 Å². The van der Waals surface area contributed by atoms with Crippen LogP contribution in [0.1, 0.15) is 126 Å². The van der Waals surface area contributed by atoms with Gasteiger partial charge in [0.25, 0.3) is 0 Å². The van der Waals surface area contributed by atoms with Gasteiger partial charge in [0.15, 0.2) is 0 Å². The minimum absolute atomic E-state index is 0.0100. The molecule has 0 saturated carbocycles. The van der Waals surface area contributed by atoms with Gasteiger partial charge < -0.3 is 55.0 Å². The molecule has 1 aromatic carbocycles. The Morgan fingerprint density at radius 3 is 1.74 bits per heavy atom. The first-order valence-corrected chi connectivity index (χ1v) is 22.0. The molecule has 0 saturated heterocycles.